The summed E-state index contributed by atoms with van der Waals surface area (Å²) < 4.78 is 0. The maximum absolute atomic E-state index is 7.03. The molecule has 3 nitrogen and oxygen atoms in total. The first-order valence-electron chi connectivity index (χ1n) is 7.71. The highest BCUT2D eigenvalue weighted by atomic mass is 14.5. The molecule has 0 fully saturated rings. The number of allylic oxidation sites excluding steroid dienone is 4. The Morgan fingerprint density at radius 1 is 0.909 bits per heavy atom. The average Bonchev–Trinajstić information content (AvgIpc) is 2.51. The summed E-state index contributed by atoms with van der Waals surface area (Å²) in [7, 11) is 0. The lowest BCUT2D eigenvalue weighted by Gasteiger charge is -2.10. The molecule has 3 heteroatoms. The van der Waals surface area contributed by atoms with Crippen LogP contribution in [0.1, 0.15) is 34.1 Å². The minimum Gasteiger partial charge on any atom is -0.399 e. The molecule has 0 heterocycles. The minimum absolute atomic E-state index is 0.285. The van der Waals surface area contributed by atoms with Crippen LogP contribution in [-0.2, 0) is 0 Å². The molecular weight excluding hydrogens is 270 g/mol. The molecular formula is C19H29N3. The van der Waals surface area contributed by atoms with E-state index < -0.39 is 0 Å². The Balaban J connectivity index is 0.000000302. The minimum atomic E-state index is 0.285. The Morgan fingerprint density at radius 3 is 1.55 bits per heavy atom. The highest BCUT2D eigenvalue weighted by molar-refractivity contribution is 6.48. The summed E-state index contributed by atoms with van der Waals surface area (Å²) in [5.74, 6) is 1.77. The standard InChI is InChI=1S/C7H16.C6H6N2.C6H7N/c1-5-7(4)6(2)3;7-5-3-1-2-4-6(5)8;7-6-4-2-1-3-5-6/h6-7H,5H2,1-4H3;1-4,7-8H;1-5H,7H2. The van der Waals surface area contributed by atoms with Crippen molar-refractivity contribution in [1.82, 2.24) is 0 Å². The van der Waals surface area contributed by atoms with Crippen molar-refractivity contribution in [3.63, 3.8) is 0 Å². The van der Waals surface area contributed by atoms with Crippen LogP contribution in [0.5, 0.6) is 0 Å². The van der Waals surface area contributed by atoms with Gasteiger partial charge in [-0.2, -0.15) is 0 Å². The molecule has 2 rings (SSSR count). The van der Waals surface area contributed by atoms with Gasteiger partial charge in [0.25, 0.3) is 0 Å². The van der Waals surface area contributed by atoms with Gasteiger partial charge in [0.05, 0.1) is 11.4 Å². The monoisotopic (exact) mass is 299 g/mol. The van der Waals surface area contributed by atoms with Gasteiger partial charge in [-0.3, -0.25) is 10.8 Å². The van der Waals surface area contributed by atoms with E-state index in [-0.39, 0.29) is 11.4 Å². The third kappa shape index (κ3) is 9.70. The third-order valence-corrected chi connectivity index (χ3v) is 3.51. The zero-order valence-corrected chi connectivity index (χ0v) is 14.1. The van der Waals surface area contributed by atoms with Crippen LogP contribution in [0.25, 0.3) is 0 Å². The SMILES string of the molecule is CCC(C)C(C)C.N=C1C=CC=CC1=N.Nc1ccccc1. The Bertz CT molecular complexity index is 477. The summed E-state index contributed by atoms with van der Waals surface area (Å²) in [6.45, 7) is 9.08. The fourth-order valence-electron chi connectivity index (χ4n) is 1.41. The van der Waals surface area contributed by atoms with Crippen LogP contribution in [-0.4, -0.2) is 11.4 Å². The van der Waals surface area contributed by atoms with Crippen molar-refractivity contribution in [1.29, 1.82) is 10.8 Å². The molecule has 1 unspecified atom stereocenters. The number of rotatable bonds is 2. The molecule has 0 bridgehead atoms. The molecule has 0 saturated heterocycles. The lowest BCUT2D eigenvalue weighted by molar-refractivity contribution is 0.407. The number of nitrogen functional groups attached to an aromatic ring is 1. The largest absolute Gasteiger partial charge is 0.399 e. The van der Waals surface area contributed by atoms with Crippen LogP contribution in [0.15, 0.2) is 54.6 Å². The molecule has 1 aromatic carbocycles. The predicted octanol–water partition coefficient (Wildman–Crippen LogP) is 5.11. The first-order valence-corrected chi connectivity index (χ1v) is 7.71. The summed E-state index contributed by atoms with van der Waals surface area (Å²) in [5, 5.41) is 14.1. The molecule has 1 atom stereocenters. The van der Waals surface area contributed by atoms with E-state index in [0.29, 0.717) is 0 Å². The molecule has 0 amide bonds. The van der Waals surface area contributed by atoms with Crippen molar-refractivity contribution >= 4 is 17.1 Å². The van der Waals surface area contributed by atoms with E-state index in [1.54, 1.807) is 24.3 Å². The second-order valence-electron chi connectivity index (χ2n) is 5.59. The van der Waals surface area contributed by atoms with Crippen LogP contribution in [0, 0.1) is 22.7 Å². The molecule has 0 spiro atoms. The van der Waals surface area contributed by atoms with Crippen molar-refractivity contribution in [3.05, 3.63) is 54.6 Å². The molecule has 0 aliphatic heterocycles. The normalized spacial score (nSPS) is 13.9. The van der Waals surface area contributed by atoms with Gasteiger partial charge in [-0.25, -0.2) is 0 Å². The van der Waals surface area contributed by atoms with Crippen LogP contribution >= 0.6 is 0 Å². The molecule has 1 aliphatic rings. The molecule has 1 aromatic rings. The zero-order valence-electron chi connectivity index (χ0n) is 14.1. The smallest absolute Gasteiger partial charge is 0.0789 e. The fourth-order valence-corrected chi connectivity index (χ4v) is 1.41. The number of hydrogen-bond donors (Lipinski definition) is 3. The number of hydrogen-bond acceptors (Lipinski definition) is 3. The lowest BCUT2D eigenvalue weighted by Crippen LogP contribution is -2.06. The predicted molar refractivity (Wildman–Crippen MR) is 98.9 cm³/mol. The summed E-state index contributed by atoms with van der Waals surface area (Å²) in [5.41, 5.74) is 6.75. The Labute approximate surface area is 135 Å². The summed E-state index contributed by atoms with van der Waals surface area (Å²) in [4.78, 5) is 0. The molecule has 4 N–H and O–H groups in total. The van der Waals surface area contributed by atoms with Crippen molar-refractivity contribution in [2.24, 2.45) is 11.8 Å². The number of nitrogens with two attached hydrogens (primary N) is 1. The molecule has 120 valence electrons. The first kappa shape index (κ1) is 19.8. The van der Waals surface area contributed by atoms with Crippen LogP contribution in [0.2, 0.25) is 0 Å². The van der Waals surface area contributed by atoms with E-state index in [1.807, 2.05) is 30.3 Å². The maximum Gasteiger partial charge on any atom is 0.0789 e. The van der Waals surface area contributed by atoms with Gasteiger partial charge in [0.1, 0.15) is 0 Å². The van der Waals surface area contributed by atoms with Crippen LogP contribution < -0.4 is 5.73 Å². The van der Waals surface area contributed by atoms with Gasteiger partial charge >= 0.3 is 0 Å². The van der Waals surface area contributed by atoms with Gasteiger partial charge in [-0.1, -0.05) is 64.5 Å². The lowest BCUT2D eigenvalue weighted by atomic mass is 9.96. The molecule has 0 aromatic heterocycles. The van der Waals surface area contributed by atoms with E-state index in [1.165, 1.54) is 6.42 Å². The Morgan fingerprint density at radius 2 is 1.36 bits per heavy atom. The van der Waals surface area contributed by atoms with E-state index in [4.69, 9.17) is 16.6 Å². The van der Waals surface area contributed by atoms with Crippen molar-refractivity contribution < 1.29 is 0 Å². The van der Waals surface area contributed by atoms with Crippen molar-refractivity contribution in [2.75, 3.05) is 5.73 Å². The van der Waals surface area contributed by atoms with Crippen molar-refractivity contribution in [2.45, 2.75) is 34.1 Å². The Hall–Kier alpha value is -2.16. The van der Waals surface area contributed by atoms with Gasteiger partial charge in [0.15, 0.2) is 0 Å². The number of anilines is 1. The van der Waals surface area contributed by atoms with Gasteiger partial charge in [0.2, 0.25) is 0 Å². The summed E-state index contributed by atoms with van der Waals surface area (Å²) >= 11 is 0. The molecule has 22 heavy (non-hydrogen) atoms. The van der Waals surface area contributed by atoms with Crippen LogP contribution in [0.4, 0.5) is 5.69 Å². The summed E-state index contributed by atoms with van der Waals surface area (Å²) in [6, 6.07) is 9.49. The molecule has 0 radical (unpaired) electrons. The zero-order chi connectivity index (χ0) is 17.0. The second-order valence-corrected chi connectivity index (χ2v) is 5.59. The molecule has 0 saturated carbocycles. The van der Waals surface area contributed by atoms with Crippen molar-refractivity contribution in [3.8, 4) is 0 Å². The second kappa shape index (κ2) is 11.5. The van der Waals surface area contributed by atoms with E-state index in [9.17, 15) is 0 Å². The quantitative estimate of drug-likeness (QED) is 0.515. The van der Waals surface area contributed by atoms with Gasteiger partial charge in [0, 0.05) is 5.69 Å². The van der Waals surface area contributed by atoms with Crippen LogP contribution in [0.3, 0.4) is 0 Å². The average molecular weight is 299 g/mol. The number of nitrogens with one attached hydrogen (secondary N) is 2. The highest BCUT2D eigenvalue weighted by Crippen LogP contribution is 2.11. The van der Waals surface area contributed by atoms with E-state index in [0.717, 1.165) is 17.5 Å². The fraction of sp³-hybridized carbons (Fsp3) is 0.368. The van der Waals surface area contributed by atoms with E-state index >= 15 is 0 Å². The van der Waals surface area contributed by atoms with E-state index in [2.05, 4.69) is 27.7 Å². The molecule has 1 aliphatic carbocycles. The maximum atomic E-state index is 7.03. The Kier molecular flexibility index (Phi) is 10.4. The highest BCUT2D eigenvalue weighted by Gasteiger charge is 2.01. The van der Waals surface area contributed by atoms with Gasteiger partial charge in [-0.15, -0.1) is 0 Å². The first-order chi connectivity index (χ1) is 10.4. The number of benzene rings is 1. The third-order valence-electron chi connectivity index (χ3n) is 3.51. The van der Waals surface area contributed by atoms with Gasteiger partial charge in [-0.05, 0) is 36.1 Å². The van der Waals surface area contributed by atoms with Gasteiger partial charge < -0.3 is 5.73 Å². The topological polar surface area (TPSA) is 73.7 Å². The number of para-hydroxylation sites is 1. The summed E-state index contributed by atoms with van der Waals surface area (Å²) in [6.07, 6.45) is 8.02.